The van der Waals surface area contributed by atoms with Gasteiger partial charge in [-0.25, -0.2) is 0 Å². The zero-order valence-electron chi connectivity index (χ0n) is 9.35. The van der Waals surface area contributed by atoms with E-state index in [1.807, 2.05) is 13.8 Å². The molecule has 1 N–H and O–H groups in total. The molecule has 0 radical (unpaired) electrons. The second-order valence-corrected chi connectivity index (χ2v) is 3.48. The van der Waals surface area contributed by atoms with Crippen LogP contribution in [0.5, 0.6) is 0 Å². The molecule has 0 spiro atoms. The molecule has 6 heteroatoms. The zero-order valence-corrected chi connectivity index (χ0v) is 9.35. The van der Waals surface area contributed by atoms with Crippen LogP contribution in [-0.4, -0.2) is 37.3 Å². The van der Waals surface area contributed by atoms with E-state index in [9.17, 15) is 0 Å². The molecule has 0 heterocycles. The zero-order chi connectivity index (χ0) is 11.6. The maximum atomic E-state index is 8.57. The van der Waals surface area contributed by atoms with Crippen LogP contribution >= 0.6 is 0 Å². The van der Waals surface area contributed by atoms with Gasteiger partial charge in [0.05, 0.1) is 13.2 Å². The van der Waals surface area contributed by atoms with Crippen molar-refractivity contribution in [3.63, 3.8) is 0 Å². The molecule has 0 unspecified atom stereocenters. The summed E-state index contributed by atoms with van der Waals surface area (Å²) in [6.07, 6.45) is 1.28. The van der Waals surface area contributed by atoms with Crippen molar-refractivity contribution in [2.24, 2.45) is 5.11 Å². The summed E-state index contributed by atoms with van der Waals surface area (Å²) in [7, 11) is 0. The minimum atomic E-state index is -0.647. The molecular formula is C9H19N3O3. The van der Waals surface area contributed by atoms with Gasteiger partial charge >= 0.3 is 0 Å². The third-order valence-corrected chi connectivity index (χ3v) is 1.67. The van der Waals surface area contributed by atoms with Gasteiger partial charge < -0.3 is 14.6 Å². The number of aliphatic hydroxyl groups is 1. The van der Waals surface area contributed by atoms with Crippen LogP contribution in [0.4, 0.5) is 0 Å². The lowest BCUT2D eigenvalue weighted by molar-refractivity contribution is -0.214. The molecule has 0 amide bonds. The quantitative estimate of drug-likeness (QED) is 0.210. The Morgan fingerprint density at radius 1 is 1.27 bits per heavy atom. The summed E-state index contributed by atoms with van der Waals surface area (Å²) in [5, 5.41) is 12.0. The molecule has 0 saturated heterocycles. The van der Waals surface area contributed by atoms with Crippen molar-refractivity contribution in [2.75, 3.05) is 26.4 Å². The number of hydrogen-bond acceptors (Lipinski definition) is 4. The number of nitrogens with zero attached hydrogens (tertiary/aromatic N) is 3. The van der Waals surface area contributed by atoms with Gasteiger partial charge in [0.2, 0.25) is 0 Å². The minimum absolute atomic E-state index is 0.118. The predicted molar refractivity (Wildman–Crippen MR) is 56.3 cm³/mol. The summed E-state index contributed by atoms with van der Waals surface area (Å²) in [6, 6.07) is 0. The van der Waals surface area contributed by atoms with Gasteiger partial charge in [-0.15, -0.1) is 0 Å². The van der Waals surface area contributed by atoms with Gasteiger partial charge in [0.15, 0.2) is 5.79 Å². The Balaban J connectivity index is 3.50. The smallest absolute Gasteiger partial charge is 0.162 e. The normalized spacial score (nSPS) is 11.1. The van der Waals surface area contributed by atoms with E-state index in [1.165, 1.54) is 0 Å². The average Bonchev–Trinajstić information content (AvgIpc) is 2.17. The van der Waals surface area contributed by atoms with Gasteiger partial charge in [0.1, 0.15) is 0 Å². The second-order valence-electron chi connectivity index (χ2n) is 3.48. The lowest BCUT2D eigenvalue weighted by atomic mass is 10.3. The van der Waals surface area contributed by atoms with E-state index in [0.717, 1.165) is 0 Å². The fraction of sp³-hybridized carbons (Fsp3) is 1.00. The first kappa shape index (κ1) is 14.2. The SMILES string of the molecule is CC(C)(OCCCO)OCCCN=[N+]=[N-]. The van der Waals surface area contributed by atoms with Gasteiger partial charge in [0, 0.05) is 18.1 Å². The Morgan fingerprint density at radius 3 is 2.40 bits per heavy atom. The van der Waals surface area contributed by atoms with E-state index in [0.29, 0.717) is 32.6 Å². The van der Waals surface area contributed by atoms with Crippen molar-refractivity contribution in [1.29, 1.82) is 0 Å². The van der Waals surface area contributed by atoms with Crippen LogP contribution in [0.1, 0.15) is 26.7 Å². The van der Waals surface area contributed by atoms with Crippen LogP contribution in [0.25, 0.3) is 10.4 Å². The van der Waals surface area contributed by atoms with Gasteiger partial charge in [-0.2, -0.15) is 0 Å². The first-order chi connectivity index (χ1) is 7.12. The molecule has 0 rings (SSSR count). The Bertz CT molecular complexity index is 203. The molecule has 0 aromatic rings. The highest BCUT2D eigenvalue weighted by molar-refractivity contribution is 4.55. The van der Waals surface area contributed by atoms with Crippen molar-refractivity contribution in [1.82, 2.24) is 0 Å². The fourth-order valence-corrected chi connectivity index (χ4v) is 0.922. The lowest BCUT2D eigenvalue weighted by Crippen LogP contribution is -2.29. The highest BCUT2D eigenvalue weighted by atomic mass is 16.7. The third-order valence-electron chi connectivity index (χ3n) is 1.67. The van der Waals surface area contributed by atoms with Gasteiger partial charge in [0.25, 0.3) is 0 Å². The van der Waals surface area contributed by atoms with E-state index in [1.54, 1.807) is 0 Å². The number of hydrogen-bond donors (Lipinski definition) is 1. The molecule has 88 valence electrons. The van der Waals surface area contributed by atoms with E-state index in [2.05, 4.69) is 10.0 Å². The largest absolute Gasteiger partial charge is 0.396 e. The first-order valence-corrected chi connectivity index (χ1v) is 5.02. The molecule has 0 atom stereocenters. The lowest BCUT2D eigenvalue weighted by Gasteiger charge is -2.25. The van der Waals surface area contributed by atoms with Crippen LogP contribution < -0.4 is 0 Å². The Morgan fingerprint density at radius 2 is 1.87 bits per heavy atom. The van der Waals surface area contributed by atoms with Crippen LogP contribution in [0.3, 0.4) is 0 Å². The summed E-state index contributed by atoms with van der Waals surface area (Å²) in [5.41, 5.74) is 8.04. The summed E-state index contributed by atoms with van der Waals surface area (Å²) in [4.78, 5) is 2.64. The van der Waals surface area contributed by atoms with E-state index < -0.39 is 5.79 Å². The maximum Gasteiger partial charge on any atom is 0.162 e. The van der Waals surface area contributed by atoms with E-state index >= 15 is 0 Å². The van der Waals surface area contributed by atoms with Crippen molar-refractivity contribution >= 4 is 0 Å². The molecule has 0 aliphatic rings. The second kappa shape index (κ2) is 8.49. The minimum Gasteiger partial charge on any atom is -0.396 e. The molecule has 0 aromatic carbocycles. The van der Waals surface area contributed by atoms with Crippen molar-refractivity contribution in [3.8, 4) is 0 Å². The van der Waals surface area contributed by atoms with Crippen molar-refractivity contribution in [2.45, 2.75) is 32.5 Å². The van der Waals surface area contributed by atoms with E-state index in [4.69, 9.17) is 20.1 Å². The molecule has 0 bridgehead atoms. The van der Waals surface area contributed by atoms with Crippen LogP contribution in [0, 0.1) is 0 Å². The molecule has 0 fully saturated rings. The third kappa shape index (κ3) is 9.49. The number of aliphatic hydroxyl groups excluding tert-OH is 1. The molecule has 0 aliphatic heterocycles. The van der Waals surface area contributed by atoms with Crippen molar-refractivity contribution < 1.29 is 14.6 Å². The summed E-state index contributed by atoms with van der Waals surface area (Å²) >= 11 is 0. The highest BCUT2D eigenvalue weighted by Gasteiger charge is 2.17. The predicted octanol–water partition coefficient (Wildman–Crippen LogP) is 1.84. The van der Waals surface area contributed by atoms with Gasteiger partial charge in [-0.3, -0.25) is 0 Å². The molecular weight excluding hydrogens is 198 g/mol. The Kier molecular flexibility index (Phi) is 8.04. The number of azide groups is 1. The average molecular weight is 217 g/mol. The van der Waals surface area contributed by atoms with Crippen molar-refractivity contribution in [3.05, 3.63) is 10.4 Å². The fourth-order valence-electron chi connectivity index (χ4n) is 0.922. The number of rotatable bonds is 9. The molecule has 6 nitrogen and oxygen atoms in total. The van der Waals surface area contributed by atoms with E-state index in [-0.39, 0.29) is 6.61 Å². The molecule has 0 saturated carbocycles. The van der Waals surface area contributed by atoms with Crippen LogP contribution in [-0.2, 0) is 9.47 Å². The topological polar surface area (TPSA) is 87.5 Å². The standard InChI is InChI=1S/C9H19N3O3/c1-9(2,15-8-4-6-13)14-7-3-5-11-12-10/h13H,3-8H2,1-2H3. The molecule has 0 aromatic heterocycles. The maximum absolute atomic E-state index is 8.57. The Hall–Kier alpha value is -0.810. The Labute approximate surface area is 89.8 Å². The first-order valence-electron chi connectivity index (χ1n) is 5.02. The van der Waals surface area contributed by atoms with Crippen LogP contribution in [0.15, 0.2) is 5.11 Å². The summed E-state index contributed by atoms with van der Waals surface area (Å²) in [6.45, 7) is 5.15. The monoisotopic (exact) mass is 217 g/mol. The number of ether oxygens (including phenoxy) is 2. The summed E-state index contributed by atoms with van der Waals surface area (Å²) in [5.74, 6) is -0.647. The highest BCUT2D eigenvalue weighted by Crippen LogP contribution is 2.11. The summed E-state index contributed by atoms with van der Waals surface area (Å²) < 4.78 is 10.8. The van der Waals surface area contributed by atoms with Gasteiger partial charge in [-0.1, -0.05) is 5.11 Å². The molecule has 0 aliphatic carbocycles. The van der Waals surface area contributed by atoms with Crippen LogP contribution in [0.2, 0.25) is 0 Å². The van der Waals surface area contributed by atoms with Gasteiger partial charge in [-0.05, 0) is 32.2 Å². The molecule has 15 heavy (non-hydrogen) atoms.